The molecule has 0 N–H and O–H groups in total. The van der Waals surface area contributed by atoms with Crippen LogP contribution < -0.4 is 0 Å². The molecule has 0 saturated heterocycles. The molecule has 2 atom stereocenters. The molecule has 2 nitrogen and oxygen atoms in total. The molecule has 0 spiro atoms. The summed E-state index contributed by atoms with van der Waals surface area (Å²) < 4.78 is 0. The van der Waals surface area contributed by atoms with E-state index in [-0.39, 0.29) is 11.6 Å². The third-order valence-corrected chi connectivity index (χ3v) is 6.46. The Morgan fingerprint density at radius 2 is 1.59 bits per heavy atom. The topological polar surface area (TPSA) is 34.1 Å². The SMILES string of the molecule is CC(C)=CCC/C(C)=C/CC12CC=CCC1(C)C(=O)c1ccccc1C2=O. The molecular weight excluding hydrogens is 332 g/mol. The van der Waals surface area contributed by atoms with E-state index in [0.717, 1.165) is 12.8 Å². The summed E-state index contributed by atoms with van der Waals surface area (Å²) >= 11 is 0. The van der Waals surface area contributed by atoms with E-state index >= 15 is 0 Å². The van der Waals surface area contributed by atoms with Gasteiger partial charge in [0.2, 0.25) is 0 Å². The smallest absolute Gasteiger partial charge is 0.171 e. The first-order chi connectivity index (χ1) is 12.8. The Hall–Kier alpha value is -2.22. The third kappa shape index (κ3) is 3.26. The zero-order valence-corrected chi connectivity index (χ0v) is 17.0. The van der Waals surface area contributed by atoms with Crippen molar-refractivity contribution in [2.75, 3.05) is 0 Å². The molecular formula is C25H30O2. The maximum Gasteiger partial charge on any atom is 0.171 e. The van der Waals surface area contributed by atoms with Gasteiger partial charge in [0.15, 0.2) is 11.6 Å². The summed E-state index contributed by atoms with van der Waals surface area (Å²) in [6, 6.07) is 7.34. The van der Waals surface area contributed by atoms with Gasteiger partial charge in [-0.05, 0) is 52.9 Å². The van der Waals surface area contributed by atoms with Gasteiger partial charge in [0.1, 0.15) is 0 Å². The summed E-state index contributed by atoms with van der Waals surface area (Å²) in [7, 11) is 0. The lowest BCUT2D eigenvalue weighted by Gasteiger charge is -2.50. The van der Waals surface area contributed by atoms with Crippen LogP contribution >= 0.6 is 0 Å². The van der Waals surface area contributed by atoms with Crippen molar-refractivity contribution in [1.82, 2.24) is 0 Å². The van der Waals surface area contributed by atoms with E-state index in [1.54, 1.807) is 0 Å². The van der Waals surface area contributed by atoms with Gasteiger partial charge in [0.05, 0.1) is 5.41 Å². The highest BCUT2D eigenvalue weighted by molar-refractivity contribution is 6.19. The number of ketones is 2. The fraction of sp³-hybridized carbons (Fsp3) is 0.440. The molecule has 0 bridgehead atoms. The van der Waals surface area contributed by atoms with Crippen molar-refractivity contribution < 1.29 is 9.59 Å². The molecule has 0 radical (unpaired) electrons. The largest absolute Gasteiger partial charge is 0.293 e. The summed E-state index contributed by atoms with van der Waals surface area (Å²) in [5.41, 5.74) is 2.49. The lowest BCUT2D eigenvalue weighted by Crippen LogP contribution is -2.55. The second-order valence-corrected chi connectivity index (χ2v) is 8.57. The van der Waals surface area contributed by atoms with Crippen LogP contribution in [0, 0.1) is 10.8 Å². The summed E-state index contributed by atoms with van der Waals surface area (Å²) in [5.74, 6) is 0.260. The molecule has 0 aromatic heterocycles. The average molecular weight is 363 g/mol. The standard InChI is InChI=1S/C25H30O2/c1-18(2)10-9-11-19(3)14-17-25-16-8-7-15-24(25,4)22(26)20-12-5-6-13-21(20)23(25)27/h5-8,10,12-14H,9,11,15-17H2,1-4H3/b19-14+. The normalized spacial score (nSPS) is 27.2. The van der Waals surface area contributed by atoms with Crippen molar-refractivity contribution in [3.8, 4) is 0 Å². The molecule has 0 saturated carbocycles. The number of Topliss-reactive ketones (excluding diaryl/α,β-unsaturated/α-hetero) is 2. The van der Waals surface area contributed by atoms with Crippen molar-refractivity contribution in [1.29, 1.82) is 0 Å². The number of allylic oxidation sites excluding steroid dienone is 6. The lowest BCUT2D eigenvalue weighted by molar-refractivity contribution is 0.0274. The van der Waals surface area contributed by atoms with E-state index in [9.17, 15) is 9.59 Å². The Bertz CT molecular complexity index is 851. The van der Waals surface area contributed by atoms with E-state index < -0.39 is 10.8 Å². The molecule has 0 fully saturated rings. The molecule has 142 valence electrons. The number of hydrogen-bond acceptors (Lipinski definition) is 2. The fourth-order valence-electron chi connectivity index (χ4n) is 4.55. The molecule has 2 unspecified atom stereocenters. The van der Waals surface area contributed by atoms with Crippen LogP contribution in [-0.2, 0) is 0 Å². The zero-order valence-electron chi connectivity index (χ0n) is 17.0. The van der Waals surface area contributed by atoms with Crippen molar-refractivity contribution in [2.45, 2.75) is 59.8 Å². The number of rotatable bonds is 5. The Morgan fingerprint density at radius 1 is 0.963 bits per heavy atom. The molecule has 2 aliphatic rings. The monoisotopic (exact) mass is 362 g/mol. The predicted octanol–water partition coefficient (Wildman–Crippen LogP) is 6.49. The maximum atomic E-state index is 13.6. The number of hydrogen-bond donors (Lipinski definition) is 0. The lowest BCUT2D eigenvalue weighted by atomic mass is 9.49. The van der Waals surface area contributed by atoms with Gasteiger partial charge >= 0.3 is 0 Å². The molecule has 2 aliphatic carbocycles. The maximum absolute atomic E-state index is 13.6. The van der Waals surface area contributed by atoms with Crippen LogP contribution in [0.25, 0.3) is 0 Å². The Morgan fingerprint density at radius 3 is 2.26 bits per heavy atom. The second kappa shape index (κ2) is 7.42. The van der Waals surface area contributed by atoms with Crippen LogP contribution in [0.3, 0.4) is 0 Å². The summed E-state index contributed by atoms with van der Waals surface area (Å²) in [5, 5.41) is 0. The van der Waals surface area contributed by atoms with E-state index in [2.05, 4.69) is 45.1 Å². The Labute approximate surface area is 163 Å². The highest BCUT2D eigenvalue weighted by Crippen LogP contribution is 2.57. The Kier molecular flexibility index (Phi) is 5.37. The van der Waals surface area contributed by atoms with Crippen LogP contribution in [0.1, 0.15) is 80.5 Å². The van der Waals surface area contributed by atoms with Crippen LogP contribution in [0.15, 0.2) is 59.7 Å². The molecule has 2 heteroatoms. The molecule has 27 heavy (non-hydrogen) atoms. The second-order valence-electron chi connectivity index (χ2n) is 8.57. The summed E-state index contributed by atoms with van der Waals surface area (Å²) in [4.78, 5) is 27.0. The Balaban J connectivity index is 1.97. The van der Waals surface area contributed by atoms with Crippen molar-refractivity contribution in [3.05, 3.63) is 70.8 Å². The summed E-state index contributed by atoms with van der Waals surface area (Å²) in [6.45, 7) is 8.36. The fourth-order valence-corrected chi connectivity index (χ4v) is 4.55. The first kappa shape index (κ1) is 19.5. The van der Waals surface area contributed by atoms with Gasteiger partial charge < -0.3 is 0 Å². The molecule has 3 rings (SSSR count). The number of fused-ring (bicyclic) bond motifs is 2. The summed E-state index contributed by atoms with van der Waals surface area (Å²) in [6.07, 6.45) is 12.5. The van der Waals surface area contributed by atoms with Gasteiger partial charge in [-0.25, -0.2) is 0 Å². The first-order valence-corrected chi connectivity index (χ1v) is 9.94. The molecule has 0 amide bonds. The van der Waals surface area contributed by atoms with Crippen LogP contribution in [-0.4, -0.2) is 11.6 Å². The van der Waals surface area contributed by atoms with E-state index in [1.807, 2.05) is 31.2 Å². The van der Waals surface area contributed by atoms with E-state index in [1.165, 1.54) is 11.1 Å². The quantitative estimate of drug-likeness (QED) is 0.561. The van der Waals surface area contributed by atoms with Crippen LogP contribution in [0.5, 0.6) is 0 Å². The molecule has 0 aliphatic heterocycles. The zero-order chi connectivity index (χ0) is 19.7. The van der Waals surface area contributed by atoms with Gasteiger partial charge in [0.25, 0.3) is 0 Å². The van der Waals surface area contributed by atoms with Crippen LogP contribution in [0.2, 0.25) is 0 Å². The first-order valence-electron chi connectivity index (χ1n) is 9.94. The highest BCUT2D eigenvalue weighted by Gasteiger charge is 2.60. The number of carbonyl (C=O) groups is 2. The van der Waals surface area contributed by atoms with E-state index in [0.29, 0.717) is 30.4 Å². The minimum absolute atomic E-state index is 0.123. The number of benzene rings is 1. The van der Waals surface area contributed by atoms with Crippen molar-refractivity contribution in [2.24, 2.45) is 10.8 Å². The van der Waals surface area contributed by atoms with E-state index in [4.69, 9.17) is 0 Å². The van der Waals surface area contributed by atoms with Gasteiger partial charge in [-0.3, -0.25) is 9.59 Å². The predicted molar refractivity (Wildman–Crippen MR) is 111 cm³/mol. The van der Waals surface area contributed by atoms with Gasteiger partial charge in [0, 0.05) is 16.5 Å². The average Bonchev–Trinajstić information content (AvgIpc) is 2.65. The third-order valence-electron chi connectivity index (χ3n) is 6.46. The minimum Gasteiger partial charge on any atom is -0.293 e. The molecule has 1 aromatic rings. The van der Waals surface area contributed by atoms with Gasteiger partial charge in [-0.1, -0.05) is 66.6 Å². The van der Waals surface area contributed by atoms with Crippen molar-refractivity contribution >= 4 is 11.6 Å². The van der Waals surface area contributed by atoms with Crippen molar-refractivity contribution in [3.63, 3.8) is 0 Å². The van der Waals surface area contributed by atoms with Gasteiger partial charge in [-0.15, -0.1) is 0 Å². The van der Waals surface area contributed by atoms with Crippen LogP contribution in [0.4, 0.5) is 0 Å². The minimum atomic E-state index is -0.663. The highest BCUT2D eigenvalue weighted by atomic mass is 16.1. The molecule has 1 aromatic carbocycles. The molecule has 0 heterocycles. The number of carbonyl (C=O) groups excluding carboxylic acids is 2. The van der Waals surface area contributed by atoms with Gasteiger partial charge in [-0.2, -0.15) is 0 Å².